The lowest BCUT2D eigenvalue weighted by molar-refractivity contribution is 0.130. The molecule has 1 saturated heterocycles. The van der Waals surface area contributed by atoms with E-state index in [4.69, 9.17) is 0 Å². The molecule has 3 heteroatoms. The molecule has 0 amide bonds. The Morgan fingerprint density at radius 2 is 1.86 bits per heavy atom. The lowest BCUT2D eigenvalue weighted by atomic mass is 10.2. The summed E-state index contributed by atoms with van der Waals surface area (Å²) in [5, 5.41) is 3.23. The zero-order valence-corrected chi connectivity index (χ0v) is 8.83. The molecular formula is C11H17N3. The van der Waals surface area contributed by atoms with Crippen LogP contribution in [0.15, 0.2) is 24.3 Å². The van der Waals surface area contributed by atoms with Gasteiger partial charge in [0.1, 0.15) is 0 Å². The molecule has 0 spiro atoms. The maximum atomic E-state index is 3.23. The maximum Gasteiger partial charge on any atom is 0.0506 e. The molecule has 3 nitrogen and oxygen atoms in total. The number of hydrogen-bond acceptors (Lipinski definition) is 3. The molecule has 1 aliphatic heterocycles. The first-order chi connectivity index (χ1) is 6.75. The van der Waals surface area contributed by atoms with Crippen molar-refractivity contribution in [3.63, 3.8) is 0 Å². The molecule has 1 heterocycles. The van der Waals surface area contributed by atoms with Crippen LogP contribution < -0.4 is 10.2 Å². The van der Waals surface area contributed by atoms with Crippen molar-refractivity contribution in [3.05, 3.63) is 29.8 Å². The second-order valence-electron chi connectivity index (χ2n) is 3.96. The molecule has 0 aromatic heterocycles. The molecular weight excluding hydrogens is 174 g/mol. The molecule has 1 aliphatic rings. The fourth-order valence-electron chi connectivity index (χ4n) is 1.54. The lowest BCUT2D eigenvalue weighted by Crippen LogP contribution is -2.51. The summed E-state index contributed by atoms with van der Waals surface area (Å²) in [5.74, 6) is 0. The van der Waals surface area contributed by atoms with Gasteiger partial charge in [0.05, 0.1) is 13.3 Å². The fourth-order valence-corrected chi connectivity index (χ4v) is 1.54. The first kappa shape index (κ1) is 9.49. The SMILES string of the molecule is CN(C)c1ccc(CN2CNC2)cc1. The van der Waals surface area contributed by atoms with Gasteiger partial charge in [0, 0.05) is 26.3 Å². The van der Waals surface area contributed by atoms with Crippen LogP contribution in [0.1, 0.15) is 5.56 Å². The highest BCUT2D eigenvalue weighted by Gasteiger charge is 2.12. The van der Waals surface area contributed by atoms with Crippen LogP contribution in [0.25, 0.3) is 0 Å². The van der Waals surface area contributed by atoms with Gasteiger partial charge in [-0.2, -0.15) is 0 Å². The zero-order valence-electron chi connectivity index (χ0n) is 8.83. The van der Waals surface area contributed by atoms with E-state index in [1.54, 1.807) is 0 Å². The van der Waals surface area contributed by atoms with Gasteiger partial charge in [-0.05, 0) is 17.7 Å². The molecule has 0 saturated carbocycles. The Hall–Kier alpha value is -1.06. The molecule has 1 N–H and O–H groups in total. The van der Waals surface area contributed by atoms with E-state index in [0.29, 0.717) is 0 Å². The van der Waals surface area contributed by atoms with Crippen molar-refractivity contribution >= 4 is 5.69 Å². The molecule has 14 heavy (non-hydrogen) atoms. The minimum atomic E-state index is 1.02. The van der Waals surface area contributed by atoms with Crippen molar-refractivity contribution < 1.29 is 0 Å². The van der Waals surface area contributed by atoms with Crippen LogP contribution in [-0.2, 0) is 6.54 Å². The predicted molar refractivity (Wildman–Crippen MR) is 59.2 cm³/mol. The fraction of sp³-hybridized carbons (Fsp3) is 0.455. The van der Waals surface area contributed by atoms with Crippen LogP contribution >= 0.6 is 0 Å². The summed E-state index contributed by atoms with van der Waals surface area (Å²) in [5.41, 5.74) is 2.65. The highest BCUT2D eigenvalue weighted by atomic mass is 15.4. The van der Waals surface area contributed by atoms with E-state index in [2.05, 4.69) is 53.5 Å². The number of nitrogens with zero attached hydrogens (tertiary/aromatic N) is 2. The van der Waals surface area contributed by atoms with E-state index >= 15 is 0 Å². The minimum Gasteiger partial charge on any atom is -0.378 e. The van der Waals surface area contributed by atoms with Gasteiger partial charge >= 0.3 is 0 Å². The van der Waals surface area contributed by atoms with Crippen molar-refractivity contribution in [1.29, 1.82) is 0 Å². The summed E-state index contributed by atoms with van der Waals surface area (Å²) in [7, 11) is 4.13. The van der Waals surface area contributed by atoms with Crippen molar-refractivity contribution in [1.82, 2.24) is 10.2 Å². The minimum absolute atomic E-state index is 1.02. The van der Waals surface area contributed by atoms with Gasteiger partial charge in [-0.1, -0.05) is 12.1 Å². The highest BCUT2D eigenvalue weighted by molar-refractivity contribution is 5.45. The van der Waals surface area contributed by atoms with E-state index in [0.717, 1.165) is 19.9 Å². The maximum absolute atomic E-state index is 3.23. The van der Waals surface area contributed by atoms with Crippen molar-refractivity contribution in [2.75, 3.05) is 32.3 Å². The molecule has 1 fully saturated rings. The molecule has 2 rings (SSSR count). The zero-order chi connectivity index (χ0) is 9.97. The molecule has 0 aliphatic carbocycles. The van der Waals surface area contributed by atoms with Gasteiger partial charge in [-0.3, -0.25) is 10.2 Å². The quantitative estimate of drug-likeness (QED) is 0.771. The van der Waals surface area contributed by atoms with Crippen LogP contribution in [0.2, 0.25) is 0 Å². The number of nitrogens with one attached hydrogen (secondary N) is 1. The summed E-state index contributed by atoms with van der Waals surface area (Å²) in [6, 6.07) is 8.74. The van der Waals surface area contributed by atoms with E-state index in [1.165, 1.54) is 11.3 Å². The number of rotatable bonds is 3. The largest absolute Gasteiger partial charge is 0.378 e. The Morgan fingerprint density at radius 1 is 1.21 bits per heavy atom. The van der Waals surface area contributed by atoms with E-state index in [9.17, 15) is 0 Å². The summed E-state index contributed by atoms with van der Waals surface area (Å²) in [6.07, 6.45) is 0. The first-order valence-corrected chi connectivity index (χ1v) is 4.95. The van der Waals surface area contributed by atoms with Crippen LogP contribution in [0, 0.1) is 0 Å². The normalized spacial score (nSPS) is 16.4. The second kappa shape index (κ2) is 3.98. The van der Waals surface area contributed by atoms with Crippen molar-refractivity contribution in [3.8, 4) is 0 Å². The Bertz CT molecular complexity index is 288. The highest BCUT2D eigenvalue weighted by Crippen LogP contribution is 2.14. The smallest absolute Gasteiger partial charge is 0.0506 e. The molecule has 1 aromatic rings. The lowest BCUT2D eigenvalue weighted by Gasteiger charge is -2.32. The topological polar surface area (TPSA) is 18.5 Å². The second-order valence-corrected chi connectivity index (χ2v) is 3.96. The van der Waals surface area contributed by atoms with Crippen LogP contribution in [0.5, 0.6) is 0 Å². The van der Waals surface area contributed by atoms with Gasteiger partial charge in [0.2, 0.25) is 0 Å². The summed E-state index contributed by atoms with van der Waals surface area (Å²) in [6.45, 7) is 3.10. The average molecular weight is 191 g/mol. The van der Waals surface area contributed by atoms with E-state index < -0.39 is 0 Å². The Labute approximate surface area is 85.3 Å². The predicted octanol–water partition coefficient (Wildman–Crippen LogP) is 1.07. The third-order valence-corrected chi connectivity index (χ3v) is 2.53. The van der Waals surface area contributed by atoms with E-state index in [1.807, 2.05) is 0 Å². The monoisotopic (exact) mass is 191 g/mol. The Balaban J connectivity index is 1.98. The van der Waals surface area contributed by atoms with Gasteiger partial charge in [-0.15, -0.1) is 0 Å². The van der Waals surface area contributed by atoms with Crippen molar-refractivity contribution in [2.24, 2.45) is 0 Å². The average Bonchev–Trinajstić information content (AvgIpc) is 2.12. The summed E-state index contributed by atoms with van der Waals surface area (Å²) < 4.78 is 0. The van der Waals surface area contributed by atoms with Gasteiger partial charge in [0.25, 0.3) is 0 Å². The van der Waals surface area contributed by atoms with Gasteiger partial charge in [-0.25, -0.2) is 0 Å². The standard InChI is InChI=1S/C11H17N3/c1-13(2)11-5-3-10(4-6-11)7-14-8-12-9-14/h3-6,12H,7-9H2,1-2H3. The Kier molecular flexibility index (Phi) is 2.70. The first-order valence-electron chi connectivity index (χ1n) is 4.95. The van der Waals surface area contributed by atoms with Crippen molar-refractivity contribution in [2.45, 2.75) is 6.54 Å². The molecule has 0 unspecified atom stereocenters. The van der Waals surface area contributed by atoms with Crippen LogP contribution in [0.4, 0.5) is 5.69 Å². The van der Waals surface area contributed by atoms with Gasteiger partial charge < -0.3 is 4.90 Å². The Morgan fingerprint density at radius 3 is 2.29 bits per heavy atom. The number of anilines is 1. The van der Waals surface area contributed by atoms with Gasteiger partial charge in [0.15, 0.2) is 0 Å². The third kappa shape index (κ3) is 2.05. The molecule has 0 radical (unpaired) electrons. The number of benzene rings is 1. The summed E-state index contributed by atoms with van der Waals surface area (Å²) >= 11 is 0. The van der Waals surface area contributed by atoms with Crippen LogP contribution in [0.3, 0.4) is 0 Å². The summed E-state index contributed by atoms with van der Waals surface area (Å²) in [4.78, 5) is 4.49. The molecule has 76 valence electrons. The number of hydrogen-bond donors (Lipinski definition) is 1. The van der Waals surface area contributed by atoms with Crippen LogP contribution in [-0.4, -0.2) is 32.3 Å². The third-order valence-electron chi connectivity index (χ3n) is 2.53. The van der Waals surface area contributed by atoms with E-state index in [-0.39, 0.29) is 0 Å². The molecule has 0 bridgehead atoms. The molecule has 1 aromatic carbocycles. The molecule has 0 atom stereocenters.